The highest BCUT2D eigenvalue weighted by Crippen LogP contribution is 2.49. The van der Waals surface area contributed by atoms with Crippen LogP contribution in [0.2, 0.25) is 0 Å². The number of ether oxygens (including phenoxy) is 1. The predicted molar refractivity (Wildman–Crippen MR) is 50.6 cm³/mol. The molecular weight excluding hydrogens is 180 g/mol. The first kappa shape index (κ1) is 9.44. The molecule has 0 N–H and O–H groups in total. The van der Waals surface area contributed by atoms with Gasteiger partial charge in [-0.05, 0) is 25.7 Å². The fraction of sp³-hybridized carbons (Fsp3) is 0.636. The van der Waals surface area contributed by atoms with E-state index in [9.17, 15) is 9.59 Å². The van der Waals surface area contributed by atoms with E-state index in [-0.39, 0.29) is 11.8 Å². The van der Waals surface area contributed by atoms with E-state index in [0.29, 0.717) is 12.0 Å². The third-order valence-electron chi connectivity index (χ3n) is 3.38. The monoisotopic (exact) mass is 194 g/mol. The van der Waals surface area contributed by atoms with Gasteiger partial charge in [0.2, 0.25) is 0 Å². The molecule has 1 saturated carbocycles. The standard InChI is InChI=1S/C11H14O3/c1-14-10(13)8-4-2-6-11(8)7-3-5-9(11)12/h4H,2-3,5-7H2,1H3/t11-/m0/s1. The molecule has 2 aliphatic carbocycles. The first-order valence-electron chi connectivity index (χ1n) is 5.03. The molecule has 0 aromatic heterocycles. The van der Waals surface area contributed by atoms with Crippen molar-refractivity contribution in [1.82, 2.24) is 0 Å². The zero-order chi connectivity index (χ0) is 10.2. The summed E-state index contributed by atoms with van der Waals surface area (Å²) < 4.78 is 4.71. The van der Waals surface area contributed by atoms with Crippen LogP contribution in [0, 0.1) is 5.41 Å². The molecule has 0 unspecified atom stereocenters. The van der Waals surface area contributed by atoms with Gasteiger partial charge in [0.25, 0.3) is 0 Å². The van der Waals surface area contributed by atoms with Crippen LogP contribution >= 0.6 is 0 Å². The van der Waals surface area contributed by atoms with Crippen molar-refractivity contribution in [2.24, 2.45) is 5.41 Å². The maximum absolute atomic E-state index is 11.8. The van der Waals surface area contributed by atoms with Gasteiger partial charge in [0.15, 0.2) is 0 Å². The van der Waals surface area contributed by atoms with Gasteiger partial charge in [-0.25, -0.2) is 4.79 Å². The van der Waals surface area contributed by atoms with Crippen LogP contribution in [0.25, 0.3) is 0 Å². The Morgan fingerprint density at radius 2 is 2.29 bits per heavy atom. The molecule has 1 spiro atoms. The lowest BCUT2D eigenvalue weighted by atomic mass is 9.78. The van der Waals surface area contributed by atoms with Gasteiger partial charge in [-0.3, -0.25) is 4.79 Å². The molecule has 14 heavy (non-hydrogen) atoms. The van der Waals surface area contributed by atoms with E-state index in [1.54, 1.807) is 0 Å². The van der Waals surface area contributed by atoms with Crippen LogP contribution in [-0.4, -0.2) is 18.9 Å². The first-order chi connectivity index (χ1) is 6.70. The number of Topliss-reactive ketones (excluding diaryl/α,β-unsaturated/α-hetero) is 1. The summed E-state index contributed by atoms with van der Waals surface area (Å²) in [7, 11) is 1.37. The fourth-order valence-corrected chi connectivity index (χ4v) is 2.66. The van der Waals surface area contributed by atoms with Crippen molar-refractivity contribution in [1.29, 1.82) is 0 Å². The van der Waals surface area contributed by atoms with Crippen LogP contribution in [-0.2, 0) is 14.3 Å². The van der Waals surface area contributed by atoms with Gasteiger partial charge < -0.3 is 4.74 Å². The van der Waals surface area contributed by atoms with E-state index in [4.69, 9.17) is 4.74 Å². The molecule has 76 valence electrons. The second-order valence-corrected chi connectivity index (χ2v) is 4.01. The highest BCUT2D eigenvalue weighted by atomic mass is 16.5. The second kappa shape index (κ2) is 3.23. The molecule has 0 heterocycles. The summed E-state index contributed by atoms with van der Waals surface area (Å²) in [6, 6.07) is 0. The lowest BCUT2D eigenvalue weighted by molar-refractivity contribution is -0.139. The molecule has 2 rings (SSSR count). The zero-order valence-electron chi connectivity index (χ0n) is 8.34. The molecule has 0 aromatic carbocycles. The predicted octanol–water partition coefficient (Wildman–Crippen LogP) is 1.62. The number of allylic oxidation sites excluding steroid dienone is 1. The van der Waals surface area contributed by atoms with Crippen LogP contribution in [0.15, 0.2) is 11.6 Å². The summed E-state index contributed by atoms with van der Waals surface area (Å²) in [6.07, 6.45) is 5.86. The van der Waals surface area contributed by atoms with E-state index in [0.717, 1.165) is 25.7 Å². The average molecular weight is 194 g/mol. The summed E-state index contributed by atoms with van der Waals surface area (Å²) in [4.78, 5) is 23.3. The Kier molecular flexibility index (Phi) is 2.17. The van der Waals surface area contributed by atoms with Crippen molar-refractivity contribution >= 4 is 11.8 Å². The van der Waals surface area contributed by atoms with Gasteiger partial charge in [0.1, 0.15) is 5.78 Å². The lowest BCUT2D eigenvalue weighted by Crippen LogP contribution is -2.29. The quantitative estimate of drug-likeness (QED) is 0.596. The van der Waals surface area contributed by atoms with E-state index in [2.05, 4.69) is 0 Å². The minimum atomic E-state index is -0.465. The lowest BCUT2D eigenvalue weighted by Gasteiger charge is -2.23. The highest BCUT2D eigenvalue weighted by molar-refractivity contribution is 6.02. The maximum atomic E-state index is 11.8. The Labute approximate surface area is 83.1 Å². The summed E-state index contributed by atoms with van der Waals surface area (Å²) in [5.74, 6) is -0.0931. The molecule has 1 atom stereocenters. The Morgan fingerprint density at radius 1 is 1.50 bits per heavy atom. The Morgan fingerprint density at radius 3 is 2.86 bits per heavy atom. The van der Waals surface area contributed by atoms with Crippen LogP contribution < -0.4 is 0 Å². The van der Waals surface area contributed by atoms with Crippen molar-refractivity contribution in [3.63, 3.8) is 0 Å². The molecule has 0 amide bonds. The zero-order valence-corrected chi connectivity index (χ0v) is 8.34. The van der Waals surface area contributed by atoms with Crippen LogP contribution in [0.1, 0.15) is 32.1 Å². The number of hydrogen-bond donors (Lipinski definition) is 0. The molecular formula is C11H14O3. The van der Waals surface area contributed by atoms with Crippen molar-refractivity contribution in [2.75, 3.05) is 7.11 Å². The topological polar surface area (TPSA) is 43.4 Å². The summed E-state index contributed by atoms with van der Waals surface area (Å²) in [5, 5.41) is 0. The molecule has 0 bridgehead atoms. The Hall–Kier alpha value is -1.12. The van der Waals surface area contributed by atoms with Gasteiger partial charge in [-0.2, -0.15) is 0 Å². The van der Waals surface area contributed by atoms with Gasteiger partial charge in [-0.15, -0.1) is 0 Å². The normalized spacial score (nSPS) is 30.9. The molecule has 0 aliphatic heterocycles. The largest absolute Gasteiger partial charge is 0.466 e. The highest BCUT2D eigenvalue weighted by Gasteiger charge is 2.49. The first-order valence-corrected chi connectivity index (χ1v) is 5.03. The smallest absolute Gasteiger partial charge is 0.334 e. The molecule has 0 aromatic rings. The summed E-state index contributed by atoms with van der Waals surface area (Å²) in [5.41, 5.74) is 0.148. The summed E-state index contributed by atoms with van der Waals surface area (Å²) in [6.45, 7) is 0. The average Bonchev–Trinajstić information content (AvgIpc) is 2.76. The van der Waals surface area contributed by atoms with Crippen LogP contribution in [0.4, 0.5) is 0 Å². The van der Waals surface area contributed by atoms with E-state index in [1.807, 2.05) is 6.08 Å². The van der Waals surface area contributed by atoms with Crippen molar-refractivity contribution in [3.8, 4) is 0 Å². The minimum absolute atomic E-state index is 0.228. The number of carbonyl (C=O) groups is 2. The molecule has 0 saturated heterocycles. The van der Waals surface area contributed by atoms with E-state index in [1.165, 1.54) is 7.11 Å². The number of ketones is 1. The fourth-order valence-electron chi connectivity index (χ4n) is 2.66. The molecule has 2 aliphatic rings. The van der Waals surface area contributed by atoms with Gasteiger partial charge in [0, 0.05) is 12.0 Å². The molecule has 3 nitrogen and oxygen atoms in total. The number of rotatable bonds is 1. The van der Waals surface area contributed by atoms with Crippen molar-refractivity contribution < 1.29 is 14.3 Å². The van der Waals surface area contributed by atoms with Gasteiger partial charge >= 0.3 is 5.97 Å². The van der Waals surface area contributed by atoms with Gasteiger partial charge in [0.05, 0.1) is 12.5 Å². The summed E-state index contributed by atoms with van der Waals surface area (Å²) >= 11 is 0. The van der Waals surface area contributed by atoms with Crippen molar-refractivity contribution in [3.05, 3.63) is 11.6 Å². The third kappa shape index (κ3) is 1.11. The third-order valence-corrected chi connectivity index (χ3v) is 3.38. The molecule has 1 fully saturated rings. The number of methoxy groups -OCH3 is 1. The van der Waals surface area contributed by atoms with Crippen molar-refractivity contribution in [2.45, 2.75) is 32.1 Å². The van der Waals surface area contributed by atoms with E-state index < -0.39 is 5.41 Å². The van der Waals surface area contributed by atoms with Crippen LogP contribution in [0.3, 0.4) is 0 Å². The maximum Gasteiger partial charge on any atom is 0.334 e. The molecule has 3 heteroatoms. The van der Waals surface area contributed by atoms with Crippen LogP contribution in [0.5, 0.6) is 0 Å². The number of esters is 1. The second-order valence-electron chi connectivity index (χ2n) is 4.01. The van der Waals surface area contributed by atoms with E-state index >= 15 is 0 Å². The number of hydrogen-bond acceptors (Lipinski definition) is 3. The Bertz CT molecular complexity index is 316. The SMILES string of the molecule is COC(=O)C1=CCC[C@]12CCCC2=O. The molecule has 0 radical (unpaired) electrons. The number of carbonyl (C=O) groups excluding carboxylic acids is 2. The van der Waals surface area contributed by atoms with Gasteiger partial charge in [-0.1, -0.05) is 6.08 Å². The Balaban J connectivity index is 2.32. The minimum Gasteiger partial charge on any atom is -0.466 e.